The smallest absolute Gasteiger partial charge is 0.240 e. The third-order valence-corrected chi connectivity index (χ3v) is 1.62. The Labute approximate surface area is 97.6 Å². The molecule has 0 saturated carbocycles. The Bertz CT molecular complexity index is 245. The minimum Gasteiger partial charge on any atom is -0.394 e. The average Bonchev–Trinajstić information content (AvgIpc) is 2.35. The normalized spacial score (nSPS) is 16.8. The first-order chi connectivity index (χ1) is 7.81. The van der Waals surface area contributed by atoms with E-state index >= 15 is 0 Å². The molecule has 0 aliphatic heterocycles. The fourth-order valence-electron chi connectivity index (χ4n) is 0.618. The monoisotopic (exact) mass is 251 g/mol. The number of amides is 1. The molecule has 0 aliphatic carbocycles. The summed E-state index contributed by atoms with van der Waals surface area (Å²) in [5, 5.41) is 43.5. The molecular weight excluding hydrogens is 234 g/mol. The van der Waals surface area contributed by atoms with Gasteiger partial charge in [-0.25, -0.2) is 0 Å². The van der Waals surface area contributed by atoms with Crippen LogP contribution in [0.2, 0.25) is 0 Å². The quantitative estimate of drug-likeness (QED) is 0.209. The van der Waals surface area contributed by atoms with Crippen molar-refractivity contribution in [1.29, 1.82) is 0 Å². The highest BCUT2D eigenvalue weighted by Gasteiger charge is 2.29. The Morgan fingerprint density at radius 2 is 1.65 bits per heavy atom. The molecule has 0 aliphatic rings. The lowest BCUT2D eigenvalue weighted by atomic mass is 10.0. The van der Waals surface area contributed by atoms with Crippen LogP contribution in [-0.4, -0.2) is 68.7 Å². The highest BCUT2D eigenvalue weighted by molar-refractivity contribution is 5.84. The first-order valence-electron chi connectivity index (χ1n) is 4.52. The van der Waals surface area contributed by atoms with Crippen LogP contribution in [0.3, 0.4) is 0 Å². The van der Waals surface area contributed by atoms with Crippen LogP contribution in [0, 0.1) is 0 Å². The van der Waals surface area contributed by atoms with Crippen LogP contribution in [0.25, 0.3) is 0 Å². The first kappa shape index (κ1) is 18.1. The second kappa shape index (κ2) is 9.87. The predicted molar refractivity (Wildman–Crippen MR) is 56.6 cm³/mol. The highest BCUT2D eigenvalue weighted by Crippen LogP contribution is 2.02. The minimum atomic E-state index is -1.79. The zero-order valence-corrected chi connectivity index (χ0v) is 9.01. The fourth-order valence-corrected chi connectivity index (χ4v) is 0.618. The van der Waals surface area contributed by atoms with Gasteiger partial charge >= 0.3 is 0 Å². The lowest BCUT2D eigenvalue weighted by Gasteiger charge is -2.22. The van der Waals surface area contributed by atoms with Gasteiger partial charge in [-0.05, 0) is 6.08 Å². The molecule has 0 saturated heterocycles. The Balaban J connectivity index is 0. The predicted octanol–water partition coefficient (Wildman–Crippen LogP) is -3.72. The van der Waals surface area contributed by atoms with E-state index in [0.29, 0.717) is 0 Å². The van der Waals surface area contributed by atoms with Crippen LogP contribution >= 0.6 is 0 Å². The maximum Gasteiger partial charge on any atom is 0.240 e. The molecule has 1 amide bonds. The SMILES string of the molecule is C=CC(N)=O.O=C[C@H](O)[C@@H](O)[C@@H](O)[C@H](O)CO. The third kappa shape index (κ3) is 8.48. The van der Waals surface area contributed by atoms with Gasteiger partial charge in [0.1, 0.15) is 24.4 Å². The van der Waals surface area contributed by atoms with Crippen LogP contribution in [-0.2, 0) is 9.59 Å². The van der Waals surface area contributed by atoms with Crippen molar-refractivity contribution in [3.05, 3.63) is 12.7 Å². The number of primary amides is 1. The molecule has 0 fully saturated rings. The van der Waals surface area contributed by atoms with Crippen molar-refractivity contribution in [3.63, 3.8) is 0 Å². The number of hydrogen-bond acceptors (Lipinski definition) is 7. The molecule has 0 aromatic heterocycles. The molecule has 8 heteroatoms. The van der Waals surface area contributed by atoms with E-state index in [1.165, 1.54) is 0 Å². The summed E-state index contributed by atoms with van der Waals surface area (Å²) >= 11 is 0. The van der Waals surface area contributed by atoms with Crippen LogP contribution in [0.1, 0.15) is 0 Å². The van der Waals surface area contributed by atoms with Gasteiger partial charge in [-0.3, -0.25) is 4.79 Å². The van der Waals surface area contributed by atoms with Crippen molar-refractivity contribution in [2.75, 3.05) is 6.61 Å². The lowest BCUT2D eigenvalue weighted by molar-refractivity contribution is -0.136. The van der Waals surface area contributed by atoms with Crippen molar-refractivity contribution in [3.8, 4) is 0 Å². The molecule has 0 spiro atoms. The molecule has 0 heterocycles. The lowest BCUT2D eigenvalue weighted by Crippen LogP contribution is -2.46. The number of carbonyl (C=O) groups is 2. The Hall–Kier alpha value is -1.32. The van der Waals surface area contributed by atoms with E-state index in [1.807, 2.05) is 0 Å². The van der Waals surface area contributed by atoms with Crippen molar-refractivity contribution in [2.45, 2.75) is 24.4 Å². The molecule has 100 valence electrons. The standard InChI is InChI=1S/C6H12O6.C3H5NO/c7-1-3(9)5(11)6(12)4(10)2-8;1-2-3(4)5/h1,3-6,8-12H,2H2;2H,1H2,(H2,4,5)/t3-,4+,5+,6-;/m0./s1. The molecule has 0 aromatic rings. The summed E-state index contributed by atoms with van der Waals surface area (Å²) in [6.45, 7) is 2.33. The molecule has 0 radical (unpaired) electrons. The molecule has 0 bridgehead atoms. The van der Waals surface area contributed by atoms with Crippen LogP contribution in [0.5, 0.6) is 0 Å². The van der Waals surface area contributed by atoms with E-state index in [9.17, 15) is 9.59 Å². The van der Waals surface area contributed by atoms with E-state index in [-0.39, 0.29) is 6.29 Å². The number of carbonyl (C=O) groups excluding carboxylic acids is 2. The van der Waals surface area contributed by atoms with Gasteiger partial charge in [0.05, 0.1) is 6.61 Å². The van der Waals surface area contributed by atoms with Gasteiger partial charge in [0.2, 0.25) is 5.91 Å². The summed E-state index contributed by atoms with van der Waals surface area (Å²) in [4.78, 5) is 19.4. The number of aliphatic hydroxyl groups excluding tert-OH is 5. The molecule has 0 rings (SSSR count). The van der Waals surface area contributed by atoms with Crippen LogP contribution in [0.4, 0.5) is 0 Å². The summed E-state index contributed by atoms with van der Waals surface area (Å²) in [7, 11) is 0. The zero-order valence-electron chi connectivity index (χ0n) is 9.01. The molecule has 0 aromatic carbocycles. The molecule has 4 atom stereocenters. The summed E-state index contributed by atoms with van der Waals surface area (Å²) in [5.74, 6) is -0.481. The number of rotatable bonds is 6. The van der Waals surface area contributed by atoms with Gasteiger partial charge in [0, 0.05) is 0 Å². The van der Waals surface area contributed by atoms with Gasteiger partial charge in [-0.1, -0.05) is 6.58 Å². The summed E-state index contributed by atoms with van der Waals surface area (Å²) in [6, 6.07) is 0. The van der Waals surface area contributed by atoms with Crippen LogP contribution < -0.4 is 5.73 Å². The molecule has 0 unspecified atom stereocenters. The Morgan fingerprint density at radius 1 is 1.24 bits per heavy atom. The third-order valence-electron chi connectivity index (χ3n) is 1.62. The molecule has 8 nitrogen and oxygen atoms in total. The van der Waals surface area contributed by atoms with E-state index in [0.717, 1.165) is 6.08 Å². The Morgan fingerprint density at radius 3 is 1.88 bits per heavy atom. The molecule has 17 heavy (non-hydrogen) atoms. The zero-order chi connectivity index (χ0) is 14.0. The van der Waals surface area contributed by atoms with E-state index in [1.54, 1.807) is 0 Å². The van der Waals surface area contributed by atoms with Gasteiger partial charge in [0.25, 0.3) is 0 Å². The first-order valence-corrected chi connectivity index (χ1v) is 4.52. The van der Waals surface area contributed by atoms with Crippen molar-refractivity contribution in [2.24, 2.45) is 5.73 Å². The summed E-state index contributed by atoms with van der Waals surface area (Å²) in [6.07, 6.45) is -5.78. The maximum absolute atomic E-state index is 9.90. The summed E-state index contributed by atoms with van der Waals surface area (Å²) < 4.78 is 0. The van der Waals surface area contributed by atoms with E-state index in [2.05, 4.69) is 12.3 Å². The second-order valence-electron chi connectivity index (χ2n) is 2.96. The number of aldehydes is 1. The minimum absolute atomic E-state index is 0.0258. The van der Waals surface area contributed by atoms with Gasteiger partial charge in [0.15, 0.2) is 6.29 Å². The average molecular weight is 251 g/mol. The van der Waals surface area contributed by atoms with Crippen LogP contribution in [0.15, 0.2) is 12.7 Å². The van der Waals surface area contributed by atoms with Gasteiger partial charge in [-0.15, -0.1) is 0 Å². The van der Waals surface area contributed by atoms with Gasteiger partial charge < -0.3 is 36.1 Å². The Kier molecular flexibility index (Phi) is 10.5. The molecular formula is C9H17NO7. The van der Waals surface area contributed by atoms with E-state index < -0.39 is 36.9 Å². The van der Waals surface area contributed by atoms with E-state index in [4.69, 9.17) is 25.5 Å². The topological polar surface area (TPSA) is 161 Å². The van der Waals surface area contributed by atoms with Gasteiger partial charge in [-0.2, -0.15) is 0 Å². The number of aliphatic hydroxyl groups is 5. The number of nitrogens with two attached hydrogens (primary N) is 1. The fraction of sp³-hybridized carbons (Fsp3) is 0.556. The van der Waals surface area contributed by atoms with Crippen molar-refractivity contribution in [1.82, 2.24) is 0 Å². The second-order valence-corrected chi connectivity index (χ2v) is 2.96. The largest absolute Gasteiger partial charge is 0.394 e. The van der Waals surface area contributed by atoms with Crippen molar-refractivity contribution < 1.29 is 35.1 Å². The molecule has 7 N–H and O–H groups in total. The summed E-state index contributed by atoms with van der Waals surface area (Å²) in [5.41, 5.74) is 4.53. The maximum atomic E-state index is 9.90. The number of hydrogen-bond donors (Lipinski definition) is 6. The highest BCUT2D eigenvalue weighted by atomic mass is 16.4. The van der Waals surface area contributed by atoms with Crippen molar-refractivity contribution >= 4 is 12.2 Å².